The second kappa shape index (κ2) is 4.85. The van der Waals surface area contributed by atoms with Gasteiger partial charge >= 0.3 is 0 Å². The largest absolute Gasteiger partial charge is 0.392 e. The van der Waals surface area contributed by atoms with Crippen molar-refractivity contribution in [1.82, 2.24) is 9.03 Å². The highest BCUT2D eigenvalue weighted by molar-refractivity contribution is 7.87. The lowest BCUT2D eigenvalue weighted by Crippen LogP contribution is -2.47. The van der Waals surface area contributed by atoms with Crippen LogP contribution in [-0.4, -0.2) is 37.3 Å². The number of hydrogen-bond donors (Lipinski definition) is 2. The first-order valence-electron chi connectivity index (χ1n) is 3.84. The van der Waals surface area contributed by atoms with E-state index in [0.717, 1.165) is 4.31 Å². The summed E-state index contributed by atoms with van der Waals surface area (Å²) in [4.78, 5) is 0.156. The highest BCUT2D eigenvalue weighted by Crippen LogP contribution is 2.01. The number of hydrogen-bond acceptors (Lipinski definition) is 3. The topological polar surface area (TPSA) is 75.4 Å². The summed E-state index contributed by atoms with van der Waals surface area (Å²) >= 11 is 4.69. The van der Waals surface area contributed by atoms with Gasteiger partial charge in [0.25, 0.3) is 10.2 Å². The Morgan fingerprint density at radius 3 is 2.46 bits per heavy atom. The van der Waals surface area contributed by atoms with Crippen LogP contribution in [0.2, 0.25) is 0 Å². The van der Waals surface area contributed by atoms with E-state index in [4.69, 9.17) is 18.0 Å². The van der Waals surface area contributed by atoms with Crippen LogP contribution in [0, 0.1) is 0 Å². The van der Waals surface area contributed by atoms with Crippen LogP contribution < -0.4 is 10.5 Å². The molecule has 0 aromatic rings. The van der Waals surface area contributed by atoms with Gasteiger partial charge in [0.15, 0.2) is 0 Å². The van der Waals surface area contributed by atoms with Gasteiger partial charge in [-0.1, -0.05) is 19.1 Å². The highest BCUT2D eigenvalue weighted by Gasteiger charge is 2.23. The minimum absolute atomic E-state index is 0.156. The quantitative estimate of drug-likeness (QED) is 0.615. The first-order chi connectivity index (χ1) is 5.83. The van der Waals surface area contributed by atoms with Crippen molar-refractivity contribution in [3.05, 3.63) is 0 Å². The standard InChI is InChI=1S/C6H15N3O2S2/c1-4-8-13(10,11)9(3)5(2)6(7)12/h5,8H,4H2,1-3H3,(H2,7,12). The molecular formula is C6H15N3O2S2. The Morgan fingerprint density at radius 2 is 2.15 bits per heavy atom. The normalized spacial score (nSPS) is 14.5. The molecule has 7 heteroatoms. The van der Waals surface area contributed by atoms with Crippen LogP contribution in [0.15, 0.2) is 0 Å². The van der Waals surface area contributed by atoms with Crippen molar-refractivity contribution in [1.29, 1.82) is 0 Å². The van der Waals surface area contributed by atoms with Gasteiger partial charge in [0, 0.05) is 13.6 Å². The lowest BCUT2D eigenvalue weighted by molar-refractivity contribution is 0.442. The van der Waals surface area contributed by atoms with Crippen LogP contribution >= 0.6 is 12.2 Å². The minimum Gasteiger partial charge on any atom is -0.392 e. The third-order valence-corrected chi connectivity index (χ3v) is 3.73. The summed E-state index contributed by atoms with van der Waals surface area (Å²) < 4.78 is 26.2. The van der Waals surface area contributed by atoms with Gasteiger partial charge in [-0.25, -0.2) is 4.72 Å². The second-order valence-corrected chi connectivity index (χ2v) is 4.88. The first kappa shape index (κ1) is 12.8. The third kappa shape index (κ3) is 3.55. The van der Waals surface area contributed by atoms with Crippen molar-refractivity contribution in [2.75, 3.05) is 13.6 Å². The van der Waals surface area contributed by atoms with Gasteiger partial charge in [0.2, 0.25) is 0 Å². The average Bonchev–Trinajstić information content (AvgIpc) is 2.01. The molecule has 0 rings (SSSR count). The van der Waals surface area contributed by atoms with E-state index in [1.54, 1.807) is 13.8 Å². The zero-order chi connectivity index (χ0) is 10.6. The molecule has 0 fully saturated rings. The Morgan fingerprint density at radius 1 is 1.69 bits per heavy atom. The van der Waals surface area contributed by atoms with Crippen molar-refractivity contribution in [3.8, 4) is 0 Å². The fourth-order valence-corrected chi connectivity index (χ4v) is 1.99. The second-order valence-electron chi connectivity index (χ2n) is 2.60. The molecule has 0 saturated carbocycles. The van der Waals surface area contributed by atoms with Gasteiger partial charge in [0.1, 0.15) is 0 Å². The van der Waals surface area contributed by atoms with Gasteiger partial charge in [-0.15, -0.1) is 0 Å². The monoisotopic (exact) mass is 225 g/mol. The molecule has 1 atom stereocenters. The van der Waals surface area contributed by atoms with Gasteiger partial charge in [0.05, 0.1) is 11.0 Å². The maximum absolute atomic E-state index is 11.4. The molecule has 0 saturated heterocycles. The van der Waals surface area contributed by atoms with Crippen LogP contribution in [-0.2, 0) is 10.2 Å². The molecule has 5 nitrogen and oxygen atoms in total. The SMILES string of the molecule is CCNS(=O)(=O)N(C)C(C)C(N)=S. The predicted octanol–water partition coefficient (Wildman–Crippen LogP) is -0.553. The van der Waals surface area contributed by atoms with Crippen molar-refractivity contribution in [2.45, 2.75) is 19.9 Å². The zero-order valence-electron chi connectivity index (χ0n) is 7.94. The van der Waals surface area contributed by atoms with E-state index in [2.05, 4.69) is 4.72 Å². The van der Waals surface area contributed by atoms with Gasteiger partial charge in [-0.05, 0) is 6.92 Å². The fourth-order valence-electron chi connectivity index (χ4n) is 0.672. The van der Waals surface area contributed by atoms with E-state index < -0.39 is 16.3 Å². The maximum atomic E-state index is 11.4. The van der Waals surface area contributed by atoms with Crippen molar-refractivity contribution >= 4 is 27.4 Å². The van der Waals surface area contributed by atoms with E-state index in [1.165, 1.54) is 7.05 Å². The molecule has 0 amide bonds. The summed E-state index contributed by atoms with van der Waals surface area (Å²) in [5.74, 6) is 0. The van der Waals surface area contributed by atoms with Gasteiger partial charge in [-0.2, -0.15) is 12.7 Å². The number of nitrogens with one attached hydrogen (secondary N) is 1. The van der Waals surface area contributed by atoms with Crippen molar-refractivity contribution < 1.29 is 8.42 Å². The number of nitrogens with two attached hydrogens (primary N) is 1. The van der Waals surface area contributed by atoms with E-state index in [1.807, 2.05) is 0 Å². The Bertz CT molecular complexity index is 276. The lowest BCUT2D eigenvalue weighted by atomic mass is 10.3. The summed E-state index contributed by atoms with van der Waals surface area (Å²) in [5, 5.41) is 0. The molecule has 0 bridgehead atoms. The van der Waals surface area contributed by atoms with E-state index in [9.17, 15) is 8.42 Å². The third-order valence-electron chi connectivity index (χ3n) is 1.66. The Hall–Kier alpha value is -0.240. The molecule has 0 aromatic heterocycles. The van der Waals surface area contributed by atoms with Crippen LogP contribution in [0.5, 0.6) is 0 Å². The molecule has 0 heterocycles. The summed E-state index contributed by atoms with van der Waals surface area (Å²) in [6.07, 6.45) is 0. The van der Waals surface area contributed by atoms with E-state index in [0.29, 0.717) is 6.54 Å². The summed E-state index contributed by atoms with van der Waals surface area (Å²) in [6, 6.07) is -0.473. The molecule has 0 radical (unpaired) electrons. The molecule has 0 aliphatic heterocycles. The number of nitrogens with zero attached hydrogens (tertiary/aromatic N) is 1. The number of rotatable bonds is 5. The van der Waals surface area contributed by atoms with Gasteiger partial charge in [-0.3, -0.25) is 0 Å². The summed E-state index contributed by atoms with van der Waals surface area (Å²) in [5.41, 5.74) is 5.33. The summed E-state index contributed by atoms with van der Waals surface area (Å²) in [6.45, 7) is 3.69. The Balaban J connectivity index is 4.59. The molecule has 0 aliphatic carbocycles. The van der Waals surface area contributed by atoms with Crippen molar-refractivity contribution in [2.24, 2.45) is 5.73 Å². The zero-order valence-corrected chi connectivity index (χ0v) is 9.58. The van der Waals surface area contributed by atoms with Crippen molar-refractivity contribution in [3.63, 3.8) is 0 Å². The first-order valence-corrected chi connectivity index (χ1v) is 5.69. The molecule has 0 spiro atoms. The maximum Gasteiger partial charge on any atom is 0.279 e. The highest BCUT2D eigenvalue weighted by atomic mass is 32.2. The van der Waals surface area contributed by atoms with Crippen LogP contribution in [0.3, 0.4) is 0 Å². The predicted molar refractivity (Wildman–Crippen MR) is 56.6 cm³/mol. The Labute approximate surface area is 84.5 Å². The van der Waals surface area contributed by atoms with Gasteiger partial charge < -0.3 is 5.73 Å². The molecule has 3 N–H and O–H groups in total. The van der Waals surface area contributed by atoms with Crippen LogP contribution in [0.25, 0.3) is 0 Å². The average molecular weight is 225 g/mol. The molecule has 0 aliphatic rings. The van der Waals surface area contributed by atoms with Crippen LogP contribution in [0.4, 0.5) is 0 Å². The molecular weight excluding hydrogens is 210 g/mol. The minimum atomic E-state index is -3.44. The van der Waals surface area contributed by atoms with E-state index >= 15 is 0 Å². The number of likely N-dealkylation sites (N-methyl/N-ethyl adjacent to an activating group) is 1. The number of thiocarbonyl (C=S) groups is 1. The molecule has 13 heavy (non-hydrogen) atoms. The molecule has 1 unspecified atom stereocenters. The summed E-state index contributed by atoms with van der Waals surface area (Å²) in [7, 11) is -2.01. The Kier molecular flexibility index (Phi) is 4.76. The van der Waals surface area contributed by atoms with Crippen LogP contribution in [0.1, 0.15) is 13.8 Å². The smallest absolute Gasteiger partial charge is 0.279 e. The molecule has 78 valence electrons. The fraction of sp³-hybridized carbons (Fsp3) is 0.833. The molecule has 0 aromatic carbocycles. The van der Waals surface area contributed by atoms with E-state index in [-0.39, 0.29) is 4.99 Å². The lowest BCUT2D eigenvalue weighted by Gasteiger charge is -2.22.